The van der Waals surface area contributed by atoms with E-state index in [0.29, 0.717) is 13.1 Å². The lowest BCUT2D eigenvalue weighted by molar-refractivity contribution is 0.223. The van der Waals surface area contributed by atoms with Crippen molar-refractivity contribution in [2.75, 3.05) is 31.6 Å². The van der Waals surface area contributed by atoms with E-state index in [2.05, 4.69) is 44.6 Å². The smallest absolute Gasteiger partial charge is 0.191 e. The van der Waals surface area contributed by atoms with Crippen LogP contribution in [0.2, 0.25) is 0 Å². The largest absolute Gasteiger partial charge is 0.489 e. The van der Waals surface area contributed by atoms with Crippen LogP contribution < -0.4 is 20.3 Å². The summed E-state index contributed by atoms with van der Waals surface area (Å²) in [5, 5.41) is 6.70. The molecule has 0 amide bonds. The van der Waals surface area contributed by atoms with Crippen molar-refractivity contribution in [1.29, 1.82) is 0 Å². The molecule has 1 aromatic carbocycles. The lowest BCUT2D eigenvalue weighted by Gasteiger charge is -2.19. The van der Waals surface area contributed by atoms with Gasteiger partial charge in [0, 0.05) is 32.9 Å². The van der Waals surface area contributed by atoms with Gasteiger partial charge in [0.1, 0.15) is 17.7 Å². The Kier molecular flexibility index (Phi) is 7.12. The zero-order valence-corrected chi connectivity index (χ0v) is 17.1. The maximum absolute atomic E-state index is 5.97. The monoisotopic (exact) mass is 381 g/mol. The number of ether oxygens (including phenoxy) is 1. The van der Waals surface area contributed by atoms with E-state index in [-0.39, 0.29) is 6.10 Å². The molecule has 1 aliphatic heterocycles. The molecule has 3 rings (SSSR count). The number of anilines is 1. The highest BCUT2D eigenvalue weighted by molar-refractivity contribution is 5.79. The third-order valence-electron chi connectivity index (χ3n) is 4.81. The van der Waals surface area contributed by atoms with Crippen LogP contribution in [0.4, 0.5) is 5.82 Å². The maximum atomic E-state index is 5.97. The number of hydrogen-bond acceptors (Lipinski definition) is 4. The summed E-state index contributed by atoms with van der Waals surface area (Å²) < 4.78 is 5.97. The first-order chi connectivity index (χ1) is 13.6. The van der Waals surface area contributed by atoms with Gasteiger partial charge in [-0.15, -0.1) is 0 Å². The van der Waals surface area contributed by atoms with E-state index in [1.54, 1.807) is 7.05 Å². The first-order valence-corrected chi connectivity index (χ1v) is 10.0. The number of nitrogens with one attached hydrogen (secondary N) is 2. The molecular formula is C22H31N5O. The number of aromatic nitrogens is 1. The maximum Gasteiger partial charge on any atom is 0.191 e. The van der Waals surface area contributed by atoms with Crippen LogP contribution in [0, 0.1) is 6.92 Å². The minimum Gasteiger partial charge on any atom is -0.489 e. The van der Waals surface area contributed by atoms with Crippen LogP contribution in [0.1, 0.15) is 30.9 Å². The lowest BCUT2D eigenvalue weighted by Crippen LogP contribution is -2.41. The van der Waals surface area contributed by atoms with Crippen molar-refractivity contribution in [2.24, 2.45) is 4.99 Å². The zero-order chi connectivity index (χ0) is 19.8. The number of guanidine groups is 1. The summed E-state index contributed by atoms with van der Waals surface area (Å²) in [4.78, 5) is 11.2. The molecule has 0 saturated carbocycles. The first-order valence-electron chi connectivity index (χ1n) is 10.0. The number of benzene rings is 1. The fraction of sp³-hybridized carbons (Fsp3) is 0.455. The summed E-state index contributed by atoms with van der Waals surface area (Å²) in [6.45, 7) is 7.70. The molecule has 2 N–H and O–H groups in total. The number of rotatable bonds is 7. The number of aryl methyl sites for hydroxylation is 1. The van der Waals surface area contributed by atoms with Crippen molar-refractivity contribution in [1.82, 2.24) is 15.6 Å². The molecule has 0 radical (unpaired) electrons. The van der Waals surface area contributed by atoms with E-state index in [0.717, 1.165) is 30.6 Å². The minimum absolute atomic E-state index is 0.0306. The fourth-order valence-corrected chi connectivity index (χ4v) is 3.30. The molecule has 1 aliphatic rings. The second-order valence-electron chi connectivity index (χ2n) is 7.27. The van der Waals surface area contributed by atoms with Crippen molar-refractivity contribution >= 4 is 11.8 Å². The highest BCUT2D eigenvalue weighted by atomic mass is 16.5. The van der Waals surface area contributed by atoms with Gasteiger partial charge in [-0.1, -0.05) is 12.1 Å². The average Bonchev–Trinajstić information content (AvgIpc) is 3.23. The molecule has 1 saturated heterocycles. The van der Waals surface area contributed by atoms with Crippen LogP contribution in [0.3, 0.4) is 0 Å². The van der Waals surface area contributed by atoms with Gasteiger partial charge in [0.25, 0.3) is 0 Å². The standard InChI is InChI=1S/C22H31N5O/c1-17-7-6-8-20(13-17)28-18(2)15-25-22(23-3)26-16-19-9-10-24-21(14-19)27-11-4-5-12-27/h6-10,13-14,18H,4-5,11-12,15-16H2,1-3H3,(H2,23,25,26). The number of nitrogens with zero attached hydrogens (tertiary/aromatic N) is 3. The van der Waals surface area contributed by atoms with E-state index >= 15 is 0 Å². The molecule has 1 atom stereocenters. The number of aliphatic imine (C=N–C) groups is 1. The first kappa shape index (κ1) is 20.0. The Morgan fingerprint density at radius 1 is 1.21 bits per heavy atom. The van der Waals surface area contributed by atoms with E-state index in [4.69, 9.17) is 4.74 Å². The molecule has 0 spiro atoms. The normalized spacial score (nSPS) is 15.4. The van der Waals surface area contributed by atoms with Crippen molar-refractivity contribution in [2.45, 2.75) is 39.3 Å². The van der Waals surface area contributed by atoms with Crippen molar-refractivity contribution in [3.63, 3.8) is 0 Å². The minimum atomic E-state index is 0.0306. The fourth-order valence-electron chi connectivity index (χ4n) is 3.30. The molecule has 28 heavy (non-hydrogen) atoms. The lowest BCUT2D eigenvalue weighted by atomic mass is 10.2. The Morgan fingerprint density at radius 3 is 2.79 bits per heavy atom. The van der Waals surface area contributed by atoms with Gasteiger partial charge in [-0.05, 0) is 62.1 Å². The van der Waals surface area contributed by atoms with Gasteiger partial charge in [0.2, 0.25) is 0 Å². The molecule has 2 heterocycles. The molecule has 1 aromatic heterocycles. The quantitative estimate of drug-likeness (QED) is 0.570. The summed E-state index contributed by atoms with van der Waals surface area (Å²) in [6, 6.07) is 12.3. The highest BCUT2D eigenvalue weighted by Crippen LogP contribution is 2.18. The Balaban J connectivity index is 1.46. The molecular weight excluding hydrogens is 350 g/mol. The van der Waals surface area contributed by atoms with Crippen LogP contribution in [0.5, 0.6) is 5.75 Å². The Morgan fingerprint density at radius 2 is 2.04 bits per heavy atom. The summed E-state index contributed by atoms with van der Waals surface area (Å²) in [5.74, 6) is 2.72. The van der Waals surface area contributed by atoms with Gasteiger partial charge in [-0.25, -0.2) is 4.98 Å². The van der Waals surface area contributed by atoms with Crippen molar-refractivity contribution < 1.29 is 4.74 Å². The molecule has 6 nitrogen and oxygen atoms in total. The topological polar surface area (TPSA) is 61.8 Å². The van der Waals surface area contributed by atoms with Gasteiger partial charge >= 0.3 is 0 Å². The van der Waals surface area contributed by atoms with E-state index in [1.807, 2.05) is 37.4 Å². The van der Waals surface area contributed by atoms with Crippen LogP contribution in [0.25, 0.3) is 0 Å². The molecule has 2 aromatic rings. The van der Waals surface area contributed by atoms with E-state index < -0.39 is 0 Å². The van der Waals surface area contributed by atoms with Crippen molar-refractivity contribution in [3.05, 3.63) is 53.7 Å². The van der Waals surface area contributed by atoms with E-state index in [1.165, 1.54) is 24.0 Å². The Hall–Kier alpha value is -2.76. The summed E-state index contributed by atoms with van der Waals surface area (Å²) >= 11 is 0. The Bertz CT molecular complexity index is 786. The van der Waals surface area contributed by atoms with Crippen LogP contribution >= 0.6 is 0 Å². The molecule has 6 heteroatoms. The van der Waals surface area contributed by atoms with Crippen LogP contribution in [-0.2, 0) is 6.54 Å². The predicted octanol–water partition coefficient (Wildman–Crippen LogP) is 3.12. The average molecular weight is 382 g/mol. The van der Waals surface area contributed by atoms with E-state index in [9.17, 15) is 0 Å². The van der Waals surface area contributed by atoms with Gasteiger partial charge in [-0.3, -0.25) is 4.99 Å². The SMILES string of the molecule is CN=C(NCc1ccnc(N2CCCC2)c1)NCC(C)Oc1cccc(C)c1. The predicted molar refractivity (Wildman–Crippen MR) is 115 cm³/mol. The summed E-state index contributed by atoms with van der Waals surface area (Å²) in [7, 11) is 1.78. The van der Waals surface area contributed by atoms with Crippen molar-refractivity contribution in [3.8, 4) is 5.75 Å². The molecule has 1 fully saturated rings. The van der Waals surface area contributed by atoms with Gasteiger partial charge < -0.3 is 20.3 Å². The van der Waals surface area contributed by atoms with Crippen LogP contribution in [0.15, 0.2) is 47.6 Å². The highest BCUT2D eigenvalue weighted by Gasteiger charge is 2.13. The second kappa shape index (κ2) is 9.97. The van der Waals surface area contributed by atoms with Gasteiger partial charge in [0.15, 0.2) is 5.96 Å². The molecule has 0 aliphatic carbocycles. The Labute approximate surface area is 168 Å². The summed E-state index contributed by atoms with van der Waals surface area (Å²) in [6.07, 6.45) is 4.43. The third-order valence-corrected chi connectivity index (χ3v) is 4.81. The second-order valence-corrected chi connectivity index (χ2v) is 7.27. The van der Waals surface area contributed by atoms with Crippen LogP contribution in [-0.4, -0.2) is 43.7 Å². The third kappa shape index (κ3) is 5.87. The van der Waals surface area contributed by atoms with Gasteiger partial charge in [0.05, 0.1) is 6.54 Å². The zero-order valence-electron chi connectivity index (χ0n) is 17.1. The number of hydrogen-bond donors (Lipinski definition) is 2. The van der Waals surface area contributed by atoms with Gasteiger partial charge in [-0.2, -0.15) is 0 Å². The summed E-state index contributed by atoms with van der Waals surface area (Å²) in [5.41, 5.74) is 2.39. The molecule has 1 unspecified atom stereocenters. The molecule has 0 bridgehead atoms. The molecule has 150 valence electrons. The number of pyridine rings is 1.